The number of aliphatic imine (C=N–C) groups is 1. The minimum atomic E-state index is 0.914. The van der Waals surface area contributed by atoms with E-state index in [1.54, 1.807) is 6.34 Å². The molecule has 0 N–H and O–H groups in total. The molecule has 0 unspecified atom stereocenters. The Hall–Kier alpha value is -1.31. The van der Waals surface area contributed by atoms with E-state index in [0.29, 0.717) is 0 Å². The summed E-state index contributed by atoms with van der Waals surface area (Å²) in [5.41, 5.74) is 1.85. The van der Waals surface area contributed by atoms with E-state index in [1.165, 1.54) is 0 Å². The number of hydrogen-bond donors (Lipinski definition) is 0. The van der Waals surface area contributed by atoms with E-state index in [0.717, 1.165) is 11.4 Å². The molecule has 0 amide bonds. The Morgan fingerprint density at radius 2 is 2.33 bits per heavy atom. The van der Waals surface area contributed by atoms with Gasteiger partial charge in [-0.25, -0.2) is 10.3 Å². The summed E-state index contributed by atoms with van der Waals surface area (Å²) in [6.07, 6.45) is 1.55. The highest BCUT2D eigenvalue weighted by Gasteiger charge is 2.03. The third-order valence-electron chi connectivity index (χ3n) is 1.21. The van der Waals surface area contributed by atoms with Crippen LogP contribution in [0.1, 0.15) is 0 Å². The van der Waals surface area contributed by atoms with E-state index in [2.05, 4.69) is 16.4 Å². The van der Waals surface area contributed by atoms with Gasteiger partial charge in [0, 0.05) is 0 Å². The third kappa shape index (κ3) is 0.598. The fourth-order valence-corrected chi connectivity index (χ4v) is 0.779. The molecule has 9 heavy (non-hydrogen) atoms. The van der Waals surface area contributed by atoms with Crippen LogP contribution in [0.2, 0.25) is 0 Å². The van der Waals surface area contributed by atoms with Crippen LogP contribution in [0.3, 0.4) is 0 Å². The van der Waals surface area contributed by atoms with E-state index in [1.807, 2.05) is 18.2 Å². The van der Waals surface area contributed by atoms with Crippen LogP contribution in [0.25, 0.3) is 0 Å². The second-order valence-corrected chi connectivity index (χ2v) is 1.79. The van der Waals surface area contributed by atoms with Crippen molar-refractivity contribution in [1.29, 1.82) is 0 Å². The first-order valence-electron chi connectivity index (χ1n) is 2.70. The van der Waals surface area contributed by atoms with Crippen LogP contribution in [0.15, 0.2) is 23.2 Å². The zero-order valence-corrected chi connectivity index (χ0v) is 4.70. The quantitative estimate of drug-likeness (QED) is 0.489. The van der Waals surface area contributed by atoms with Gasteiger partial charge in [0.25, 0.3) is 0 Å². The molecule has 2 nitrogen and oxygen atoms in total. The minimum Gasteiger partial charge on any atom is -0.235 e. The van der Waals surface area contributed by atoms with Crippen molar-refractivity contribution in [1.82, 2.24) is 5.32 Å². The van der Waals surface area contributed by atoms with Crippen LogP contribution in [-0.2, 0) is 0 Å². The second kappa shape index (κ2) is 1.58. The lowest BCUT2D eigenvalue weighted by molar-refractivity contribution is 1.35. The van der Waals surface area contributed by atoms with E-state index >= 15 is 0 Å². The summed E-state index contributed by atoms with van der Waals surface area (Å²) in [6, 6.07) is 8.46. The normalized spacial score (nSPS) is 12.9. The Bertz CT molecular complexity index is 253. The van der Waals surface area contributed by atoms with Crippen molar-refractivity contribution in [3.05, 3.63) is 24.3 Å². The lowest BCUT2D eigenvalue weighted by Gasteiger charge is -1.89. The first kappa shape index (κ1) is 4.56. The van der Waals surface area contributed by atoms with Crippen molar-refractivity contribution in [2.45, 2.75) is 0 Å². The number of hydrogen-bond acceptors (Lipinski definition) is 1. The summed E-state index contributed by atoms with van der Waals surface area (Å²) in [4.78, 5) is 3.99. The molecule has 42 valence electrons. The Morgan fingerprint density at radius 3 is 3.22 bits per heavy atom. The summed E-state index contributed by atoms with van der Waals surface area (Å²) in [7, 11) is 0. The number of rotatable bonds is 0. The van der Waals surface area contributed by atoms with Gasteiger partial charge in [-0.05, 0) is 18.2 Å². The summed E-state index contributed by atoms with van der Waals surface area (Å²) in [6.45, 7) is 0. The average Bonchev–Trinajstić information content (AvgIpc) is 2.33. The van der Waals surface area contributed by atoms with Crippen molar-refractivity contribution >= 4 is 17.7 Å². The molecule has 2 radical (unpaired) electrons. The Kier molecular flexibility index (Phi) is 0.803. The molecule has 2 rings (SSSR count). The van der Waals surface area contributed by atoms with Gasteiger partial charge in [0.2, 0.25) is 0 Å². The molecular formula is C7H4N2. The predicted molar refractivity (Wildman–Crippen MR) is 35.2 cm³/mol. The molecule has 1 heterocycles. The van der Waals surface area contributed by atoms with Gasteiger partial charge >= 0.3 is 0 Å². The first-order valence-corrected chi connectivity index (χ1v) is 2.70. The molecule has 1 aromatic carbocycles. The maximum atomic E-state index is 3.99. The highest BCUT2D eigenvalue weighted by atomic mass is 15.0. The number of nitrogens with zero attached hydrogens (tertiary/aromatic N) is 2. The summed E-state index contributed by atoms with van der Waals surface area (Å²) in [5, 5.41) is 3.98. The van der Waals surface area contributed by atoms with Gasteiger partial charge in [-0.1, -0.05) is 6.07 Å². The Morgan fingerprint density at radius 1 is 1.33 bits per heavy atom. The molecule has 2 heteroatoms. The molecule has 0 aromatic heterocycles. The van der Waals surface area contributed by atoms with Gasteiger partial charge in [-0.2, -0.15) is 0 Å². The van der Waals surface area contributed by atoms with Crippen LogP contribution in [0.4, 0.5) is 11.4 Å². The zero-order valence-electron chi connectivity index (χ0n) is 4.70. The van der Waals surface area contributed by atoms with Crippen LogP contribution >= 0.6 is 0 Å². The van der Waals surface area contributed by atoms with Crippen LogP contribution in [0, 0.1) is 6.07 Å². The fraction of sp³-hybridized carbons (Fsp3) is 0. The smallest absolute Gasteiger partial charge is 0.116 e. The molecule has 0 saturated carbocycles. The van der Waals surface area contributed by atoms with Crippen molar-refractivity contribution < 1.29 is 0 Å². The Balaban J connectivity index is 2.63. The first-order chi connectivity index (χ1) is 4.47. The maximum absolute atomic E-state index is 3.99. The second-order valence-electron chi connectivity index (χ2n) is 1.79. The topological polar surface area (TPSA) is 26.5 Å². The average molecular weight is 116 g/mol. The largest absolute Gasteiger partial charge is 0.235 e. The predicted octanol–water partition coefficient (Wildman–Crippen LogP) is 1.40. The molecule has 1 aromatic rings. The van der Waals surface area contributed by atoms with Crippen molar-refractivity contribution in [2.24, 2.45) is 4.99 Å². The summed E-state index contributed by atoms with van der Waals surface area (Å²) < 4.78 is 0. The number of fused-ring (bicyclic) bond motifs is 1. The van der Waals surface area contributed by atoms with Gasteiger partial charge in [0.05, 0.1) is 11.4 Å². The summed E-state index contributed by atoms with van der Waals surface area (Å²) >= 11 is 0. The zero-order chi connectivity index (χ0) is 6.10. The van der Waals surface area contributed by atoms with E-state index in [4.69, 9.17) is 0 Å². The molecular weight excluding hydrogens is 112 g/mol. The fourth-order valence-electron chi connectivity index (χ4n) is 0.779. The van der Waals surface area contributed by atoms with Crippen LogP contribution in [0.5, 0.6) is 0 Å². The molecule has 0 saturated heterocycles. The molecule has 0 fully saturated rings. The van der Waals surface area contributed by atoms with Crippen LogP contribution in [-0.4, -0.2) is 6.34 Å². The lowest BCUT2D eigenvalue weighted by Crippen LogP contribution is -1.83. The SMILES string of the molecule is [c]1ccc2c(c1)[N]C=N2. The van der Waals surface area contributed by atoms with Gasteiger partial charge < -0.3 is 0 Å². The standard InChI is InChI=1S/C7H4N2/c1-2-4-7-6(3-1)8-5-9-7/h1,3-5H. The highest BCUT2D eigenvalue weighted by Crippen LogP contribution is 2.26. The minimum absolute atomic E-state index is 0.914. The van der Waals surface area contributed by atoms with Gasteiger partial charge in [-0.3, -0.25) is 0 Å². The number of benzene rings is 1. The summed E-state index contributed by atoms with van der Waals surface area (Å²) in [5.74, 6) is 0. The monoisotopic (exact) mass is 116 g/mol. The van der Waals surface area contributed by atoms with Crippen molar-refractivity contribution in [2.75, 3.05) is 0 Å². The van der Waals surface area contributed by atoms with E-state index in [-0.39, 0.29) is 0 Å². The Labute approximate surface area is 53.2 Å². The molecule has 1 aliphatic heterocycles. The van der Waals surface area contributed by atoms with Crippen molar-refractivity contribution in [3.8, 4) is 0 Å². The molecule has 0 atom stereocenters. The van der Waals surface area contributed by atoms with Gasteiger partial charge in [0.1, 0.15) is 6.34 Å². The van der Waals surface area contributed by atoms with Gasteiger partial charge in [0.15, 0.2) is 0 Å². The molecule has 0 bridgehead atoms. The van der Waals surface area contributed by atoms with E-state index < -0.39 is 0 Å². The molecule has 0 spiro atoms. The molecule has 1 aliphatic rings. The molecule has 0 aliphatic carbocycles. The van der Waals surface area contributed by atoms with E-state index in [9.17, 15) is 0 Å². The third-order valence-corrected chi connectivity index (χ3v) is 1.21. The lowest BCUT2D eigenvalue weighted by atomic mass is 10.3. The van der Waals surface area contributed by atoms with Crippen molar-refractivity contribution in [3.63, 3.8) is 0 Å². The maximum Gasteiger partial charge on any atom is 0.116 e. The van der Waals surface area contributed by atoms with Gasteiger partial charge in [-0.15, -0.1) is 0 Å². The highest BCUT2D eigenvalue weighted by molar-refractivity contribution is 5.81. The van der Waals surface area contributed by atoms with Crippen LogP contribution < -0.4 is 5.32 Å².